The SMILES string of the molecule is C=[N+](O)P.O[C@H]1CN(P)C[C@H]1CN=P.PN1CC=CC1.PN1C[C@H]2CN(P)O[C@H]2C1. The molecular formula is C15H37N6O3P6+. The van der Waals surface area contributed by atoms with E-state index in [9.17, 15) is 5.11 Å². The lowest BCUT2D eigenvalue weighted by Gasteiger charge is -2.12. The van der Waals surface area contributed by atoms with Crippen LogP contribution in [0.1, 0.15) is 0 Å². The Morgan fingerprint density at radius 3 is 2.00 bits per heavy atom. The van der Waals surface area contributed by atoms with Crippen LogP contribution in [0.15, 0.2) is 16.9 Å². The summed E-state index contributed by atoms with van der Waals surface area (Å²) in [6.45, 7) is 10.8. The number of aliphatic hydroxyl groups excluding tert-OH is 1. The van der Waals surface area contributed by atoms with Crippen LogP contribution >= 0.6 is 56.0 Å². The molecule has 0 aromatic carbocycles. The summed E-state index contributed by atoms with van der Waals surface area (Å²) in [6.07, 6.45) is 4.55. The van der Waals surface area contributed by atoms with Crippen molar-refractivity contribution in [3.63, 3.8) is 0 Å². The zero-order chi connectivity index (χ0) is 22.7. The highest BCUT2D eigenvalue weighted by Gasteiger charge is 2.38. The van der Waals surface area contributed by atoms with Crippen LogP contribution in [0.4, 0.5) is 0 Å². The Labute approximate surface area is 194 Å². The Kier molecular flexibility index (Phi) is 15.6. The molecule has 0 bridgehead atoms. The standard InChI is InChI=1S/2C5H12N2OP2.C4H8NP.CH5NOP/c9-6-1-4-2-7(10)8-5(4)3-6;8-5-3-7(10)2-4(5)1-6-9;6-5-3-1-2-4-5;1-2(3)4/h4-5H,1-3,9-10H2;4-5,8-9H,1-3,10H2;1-2H,3-4,6H2;3H,1,4H2/q;;;+1/t4-,5-;4-,5+;;/m01../s1. The molecule has 0 spiro atoms. The first kappa shape index (κ1) is 29.3. The fourth-order valence-corrected chi connectivity index (χ4v) is 5.16. The van der Waals surface area contributed by atoms with E-state index in [1.807, 2.05) is 18.9 Å². The van der Waals surface area contributed by atoms with E-state index in [2.05, 4.69) is 79.5 Å². The second-order valence-electron chi connectivity index (χ2n) is 7.44. The fourth-order valence-electron chi connectivity index (χ4n) is 3.29. The van der Waals surface area contributed by atoms with Crippen molar-refractivity contribution in [2.75, 3.05) is 52.4 Å². The highest BCUT2D eigenvalue weighted by molar-refractivity contribution is 7.13. The average molecular weight is 535 g/mol. The third-order valence-electron chi connectivity index (χ3n) is 4.70. The second-order valence-corrected chi connectivity index (χ2v) is 11.1. The van der Waals surface area contributed by atoms with Gasteiger partial charge in [-0.1, -0.05) is 40.3 Å². The Bertz CT molecular complexity index is 525. The number of aliphatic hydroxyl groups is 1. The van der Waals surface area contributed by atoms with Crippen molar-refractivity contribution in [3.05, 3.63) is 12.2 Å². The van der Waals surface area contributed by atoms with Gasteiger partial charge in [-0.2, -0.15) is 4.83 Å². The van der Waals surface area contributed by atoms with Crippen molar-refractivity contribution in [1.29, 1.82) is 0 Å². The van der Waals surface area contributed by atoms with E-state index in [1.54, 1.807) is 0 Å². The Hall–Kier alpha value is 1.22. The Morgan fingerprint density at radius 2 is 1.60 bits per heavy atom. The maximum absolute atomic E-state index is 9.35. The summed E-state index contributed by atoms with van der Waals surface area (Å²) >= 11 is 0. The maximum Gasteiger partial charge on any atom is 0.209 e. The van der Waals surface area contributed by atoms with Gasteiger partial charge in [0.25, 0.3) is 0 Å². The number of hydrogen-bond acceptors (Lipinski definition) is 8. The molecule has 4 aliphatic rings. The molecule has 30 heavy (non-hydrogen) atoms. The number of hydroxylamine groups is 1. The van der Waals surface area contributed by atoms with Gasteiger partial charge in [0.2, 0.25) is 9.39 Å². The van der Waals surface area contributed by atoms with Crippen LogP contribution in [0.25, 0.3) is 0 Å². The minimum absolute atomic E-state index is 0.211. The van der Waals surface area contributed by atoms with Gasteiger partial charge < -0.3 is 5.11 Å². The van der Waals surface area contributed by atoms with E-state index in [1.165, 1.54) is 0 Å². The molecule has 4 rings (SSSR count). The monoisotopic (exact) mass is 535 g/mol. The summed E-state index contributed by atoms with van der Waals surface area (Å²) in [7, 11) is 15.5. The minimum Gasteiger partial charge on any atom is -0.391 e. The van der Waals surface area contributed by atoms with Crippen molar-refractivity contribution < 1.29 is 19.7 Å². The molecule has 2 N–H and O–H groups in total. The zero-order valence-corrected chi connectivity index (χ0v) is 24.0. The lowest BCUT2D eigenvalue weighted by Crippen LogP contribution is -2.19. The van der Waals surface area contributed by atoms with Crippen LogP contribution in [0, 0.1) is 11.8 Å². The van der Waals surface area contributed by atoms with Crippen LogP contribution in [-0.4, -0.2) is 105 Å². The molecule has 4 aliphatic heterocycles. The van der Waals surface area contributed by atoms with Crippen LogP contribution in [0.2, 0.25) is 0 Å². The highest BCUT2D eigenvalue weighted by Crippen LogP contribution is 2.31. The molecule has 0 aromatic rings. The Morgan fingerprint density at radius 1 is 1.03 bits per heavy atom. The summed E-state index contributed by atoms with van der Waals surface area (Å²) in [4.78, 5) is 7.36. The summed E-state index contributed by atoms with van der Waals surface area (Å²) in [5, 5.41) is 17.1. The van der Waals surface area contributed by atoms with Crippen molar-refractivity contribution in [2.24, 2.45) is 16.6 Å². The molecule has 9 nitrogen and oxygen atoms in total. The van der Waals surface area contributed by atoms with Crippen molar-refractivity contribution >= 4 is 62.7 Å². The molecule has 4 heterocycles. The summed E-state index contributed by atoms with van der Waals surface area (Å²) in [5.41, 5.74) is 0. The normalized spacial score (nSPS) is 31.1. The van der Waals surface area contributed by atoms with Gasteiger partial charge in [0.1, 0.15) is 0 Å². The average Bonchev–Trinajstić information content (AvgIpc) is 3.36. The maximum atomic E-state index is 9.35. The molecule has 3 fully saturated rings. The summed E-state index contributed by atoms with van der Waals surface area (Å²) in [5.74, 6) is 1.02. The van der Waals surface area contributed by atoms with Crippen LogP contribution in [-0.2, 0) is 4.84 Å². The molecule has 0 amide bonds. The number of nitrogens with zero attached hydrogens (tertiary/aromatic N) is 6. The molecule has 5 unspecified atom stereocenters. The smallest absolute Gasteiger partial charge is 0.209 e. The first-order chi connectivity index (χ1) is 14.1. The third-order valence-corrected chi connectivity index (χ3v) is 6.48. The lowest BCUT2D eigenvalue weighted by atomic mass is 10.1. The van der Waals surface area contributed by atoms with Crippen molar-refractivity contribution in [3.8, 4) is 0 Å². The van der Waals surface area contributed by atoms with Crippen molar-refractivity contribution in [1.82, 2.24) is 18.8 Å². The van der Waals surface area contributed by atoms with Gasteiger partial charge in [-0.15, -0.1) is 0 Å². The van der Waals surface area contributed by atoms with Gasteiger partial charge >= 0.3 is 0 Å². The first-order valence-electron chi connectivity index (χ1n) is 9.50. The molecule has 174 valence electrons. The molecule has 3 saturated heterocycles. The van der Waals surface area contributed by atoms with Crippen LogP contribution < -0.4 is 0 Å². The van der Waals surface area contributed by atoms with Gasteiger partial charge in [-0.3, -0.25) is 28.8 Å². The van der Waals surface area contributed by atoms with E-state index < -0.39 is 0 Å². The largest absolute Gasteiger partial charge is 0.391 e. The highest BCUT2D eigenvalue weighted by atomic mass is 31.0. The van der Waals surface area contributed by atoms with Crippen LogP contribution in [0.5, 0.6) is 0 Å². The summed E-state index contributed by atoms with van der Waals surface area (Å²) < 4.78 is 10.9. The molecule has 0 radical (unpaired) electrons. The van der Waals surface area contributed by atoms with Gasteiger partial charge in [0, 0.05) is 64.2 Å². The van der Waals surface area contributed by atoms with Gasteiger partial charge in [0.15, 0.2) is 6.72 Å². The zero-order valence-electron chi connectivity index (χ0n) is 17.2. The molecule has 15 heteroatoms. The quantitative estimate of drug-likeness (QED) is 0.180. The van der Waals surface area contributed by atoms with E-state index in [0.717, 1.165) is 51.7 Å². The molecule has 9 atom stereocenters. The van der Waals surface area contributed by atoms with E-state index in [0.29, 0.717) is 23.1 Å². The summed E-state index contributed by atoms with van der Waals surface area (Å²) in [6, 6.07) is 0. The number of fused-ring (bicyclic) bond motifs is 1. The molecule has 0 saturated carbocycles. The Balaban J connectivity index is 0.000000212. The lowest BCUT2D eigenvalue weighted by molar-refractivity contribution is -0.642. The van der Waals surface area contributed by atoms with Crippen molar-refractivity contribution in [2.45, 2.75) is 12.2 Å². The van der Waals surface area contributed by atoms with E-state index >= 15 is 0 Å². The first-order valence-corrected chi connectivity index (χ1v) is 12.5. The number of rotatable bonds is 2. The predicted molar refractivity (Wildman–Crippen MR) is 142 cm³/mol. The van der Waals surface area contributed by atoms with Gasteiger partial charge in [0.05, 0.1) is 12.2 Å². The molecular weight excluding hydrogens is 498 g/mol. The van der Waals surface area contributed by atoms with E-state index in [-0.39, 0.29) is 6.10 Å². The number of hydrogen-bond donors (Lipinski definition) is 2. The predicted octanol–water partition coefficient (Wildman–Crippen LogP) is 1.04. The van der Waals surface area contributed by atoms with Crippen LogP contribution in [0.3, 0.4) is 0 Å². The second kappa shape index (κ2) is 16.0. The fraction of sp³-hybridized carbons (Fsp3) is 0.800. The molecule has 0 aromatic heterocycles. The van der Waals surface area contributed by atoms with E-state index in [4.69, 9.17) is 10.0 Å². The third kappa shape index (κ3) is 12.5. The minimum atomic E-state index is -0.211. The van der Waals surface area contributed by atoms with Gasteiger partial charge in [-0.25, -0.2) is 0 Å². The van der Waals surface area contributed by atoms with Gasteiger partial charge in [-0.05, 0) is 22.9 Å². The topological polar surface area (TPSA) is 78.0 Å². The number of β-amino-alcohol motifs (C(OH)–C–C–N with tert-alkyl or cyclic N) is 1. The molecule has 0 aliphatic carbocycles.